The van der Waals surface area contributed by atoms with Crippen LogP contribution in [0.2, 0.25) is 0 Å². The molecule has 0 aliphatic rings. The van der Waals surface area contributed by atoms with Gasteiger partial charge in [-0.25, -0.2) is 9.98 Å². The van der Waals surface area contributed by atoms with Gasteiger partial charge >= 0.3 is 0 Å². The number of halogens is 1. The average molecular weight is 488 g/mol. The van der Waals surface area contributed by atoms with Crippen LogP contribution in [0.25, 0.3) is 0 Å². The van der Waals surface area contributed by atoms with Crippen molar-refractivity contribution in [3.63, 3.8) is 0 Å². The molecule has 0 saturated carbocycles. The van der Waals surface area contributed by atoms with E-state index in [0.29, 0.717) is 13.2 Å². The highest BCUT2D eigenvalue weighted by molar-refractivity contribution is 14.0. The summed E-state index contributed by atoms with van der Waals surface area (Å²) in [6.45, 7) is 13.1. The second kappa shape index (κ2) is 11.4. The first-order valence-electron chi connectivity index (χ1n) is 8.70. The first-order valence-corrected chi connectivity index (χ1v) is 9.52. The number of benzene rings is 1. The number of ether oxygens (including phenoxy) is 1. The van der Waals surface area contributed by atoms with E-state index < -0.39 is 0 Å². The maximum absolute atomic E-state index is 5.59. The third-order valence-corrected chi connectivity index (χ3v) is 4.79. The van der Waals surface area contributed by atoms with Crippen LogP contribution in [0.4, 0.5) is 0 Å². The molecule has 2 N–H and O–H groups in total. The largest absolute Gasteiger partial charge is 0.494 e. The van der Waals surface area contributed by atoms with Crippen molar-refractivity contribution in [1.29, 1.82) is 0 Å². The van der Waals surface area contributed by atoms with Gasteiger partial charge in [-0.3, -0.25) is 0 Å². The SMILES string of the molecule is CCNC(=NCc1ccc(OCC)c(C)c1)NCc1sc(C)nc1C.I. The van der Waals surface area contributed by atoms with Crippen LogP contribution in [0.15, 0.2) is 23.2 Å². The lowest BCUT2D eigenvalue weighted by molar-refractivity contribution is 0.338. The van der Waals surface area contributed by atoms with E-state index in [1.54, 1.807) is 11.3 Å². The Hall–Kier alpha value is -1.35. The highest BCUT2D eigenvalue weighted by Gasteiger charge is 2.06. The number of rotatable bonds is 7. The summed E-state index contributed by atoms with van der Waals surface area (Å²) in [6, 6.07) is 6.23. The maximum atomic E-state index is 5.59. The lowest BCUT2D eigenvalue weighted by atomic mass is 10.1. The monoisotopic (exact) mass is 488 g/mol. The Kier molecular flexibility index (Phi) is 9.93. The van der Waals surface area contributed by atoms with E-state index in [2.05, 4.69) is 46.6 Å². The molecule has 0 amide bonds. The van der Waals surface area contributed by atoms with Crippen molar-refractivity contribution in [1.82, 2.24) is 15.6 Å². The average Bonchev–Trinajstić information content (AvgIpc) is 2.90. The standard InChI is InChI=1S/C19H28N4OS.HI/c1-6-20-19(22-12-18-14(4)23-15(5)25-18)21-11-16-8-9-17(24-7-2)13(3)10-16;/h8-10H,6-7,11-12H2,1-5H3,(H2,20,21,22);1H. The van der Waals surface area contributed by atoms with Gasteiger partial charge in [0.2, 0.25) is 0 Å². The van der Waals surface area contributed by atoms with Crippen LogP contribution >= 0.6 is 35.3 Å². The molecule has 1 aromatic carbocycles. The van der Waals surface area contributed by atoms with Crippen molar-refractivity contribution < 1.29 is 4.74 Å². The molecule has 0 aliphatic carbocycles. The summed E-state index contributed by atoms with van der Waals surface area (Å²) in [6.07, 6.45) is 0. The zero-order valence-electron chi connectivity index (χ0n) is 16.2. The summed E-state index contributed by atoms with van der Waals surface area (Å²) in [5.74, 6) is 1.76. The fourth-order valence-corrected chi connectivity index (χ4v) is 3.42. The van der Waals surface area contributed by atoms with Crippen LogP contribution in [0.3, 0.4) is 0 Å². The Labute approximate surface area is 177 Å². The molecule has 7 heteroatoms. The fourth-order valence-electron chi connectivity index (χ4n) is 2.54. The van der Waals surface area contributed by atoms with E-state index in [9.17, 15) is 0 Å². The van der Waals surface area contributed by atoms with Gasteiger partial charge in [-0.05, 0) is 51.8 Å². The van der Waals surface area contributed by atoms with Gasteiger partial charge in [0.1, 0.15) is 5.75 Å². The number of aromatic nitrogens is 1. The molecule has 0 bridgehead atoms. The van der Waals surface area contributed by atoms with Gasteiger partial charge in [0.25, 0.3) is 0 Å². The van der Waals surface area contributed by atoms with Crippen molar-refractivity contribution in [3.05, 3.63) is 44.9 Å². The molecule has 2 rings (SSSR count). The quantitative estimate of drug-likeness (QED) is 0.346. The second-order valence-corrected chi connectivity index (χ2v) is 7.11. The van der Waals surface area contributed by atoms with Crippen molar-refractivity contribution in [2.45, 2.75) is 47.7 Å². The van der Waals surface area contributed by atoms with Gasteiger partial charge < -0.3 is 15.4 Å². The van der Waals surface area contributed by atoms with Crippen LogP contribution in [-0.2, 0) is 13.1 Å². The Balaban J connectivity index is 0.00000338. The minimum atomic E-state index is 0. The van der Waals surface area contributed by atoms with Crippen LogP contribution in [0.5, 0.6) is 5.75 Å². The summed E-state index contributed by atoms with van der Waals surface area (Å²) in [5, 5.41) is 7.78. The van der Waals surface area contributed by atoms with Crippen LogP contribution in [0, 0.1) is 20.8 Å². The minimum Gasteiger partial charge on any atom is -0.494 e. The van der Waals surface area contributed by atoms with E-state index in [1.807, 2.05) is 26.8 Å². The Bertz CT molecular complexity index is 730. The Morgan fingerprint density at radius 3 is 2.54 bits per heavy atom. The molecule has 1 aromatic heterocycles. The van der Waals surface area contributed by atoms with Gasteiger partial charge in [0, 0.05) is 11.4 Å². The third kappa shape index (κ3) is 6.75. The van der Waals surface area contributed by atoms with E-state index in [4.69, 9.17) is 4.74 Å². The number of nitrogens with one attached hydrogen (secondary N) is 2. The molecule has 26 heavy (non-hydrogen) atoms. The first kappa shape index (κ1) is 22.7. The smallest absolute Gasteiger partial charge is 0.191 e. The molecule has 144 valence electrons. The fraction of sp³-hybridized carbons (Fsp3) is 0.474. The van der Waals surface area contributed by atoms with E-state index >= 15 is 0 Å². The van der Waals surface area contributed by atoms with E-state index in [-0.39, 0.29) is 24.0 Å². The molecule has 0 atom stereocenters. The summed E-state index contributed by atoms with van der Waals surface area (Å²) < 4.78 is 5.59. The molecule has 0 radical (unpaired) electrons. The van der Waals surface area contributed by atoms with Crippen LogP contribution in [0.1, 0.15) is 40.6 Å². The molecule has 0 aliphatic heterocycles. The lowest BCUT2D eigenvalue weighted by Gasteiger charge is -2.11. The predicted octanol–water partition coefficient (Wildman–Crippen LogP) is 4.34. The zero-order valence-corrected chi connectivity index (χ0v) is 19.3. The normalized spacial score (nSPS) is 11.0. The van der Waals surface area contributed by atoms with Gasteiger partial charge in [-0.2, -0.15) is 0 Å². The van der Waals surface area contributed by atoms with Crippen molar-refractivity contribution in [2.24, 2.45) is 4.99 Å². The Morgan fingerprint density at radius 2 is 1.96 bits per heavy atom. The topological polar surface area (TPSA) is 58.5 Å². The lowest BCUT2D eigenvalue weighted by Crippen LogP contribution is -2.36. The highest BCUT2D eigenvalue weighted by Crippen LogP contribution is 2.19. The number of guanidine groups is 1. The molecule has 5 nitrogen and oxygen atoms in total. The van der Waals surface area contributed by atoms with Gasteiger partial charge in [0.15, 0.2) is 5.96 Å². The van der Waals surface area contributed by atoms with Crippen LogP contribution < -0.4 is 15.4 Å². The highest BCUT2D eigenvalue weighted by atomic mass is 127. The summed E-state index contributed by atoms with van der Waals surface area (Å²) in [7, 11) is 0. The summed E-state index contributed by atoms with van der Waals surface area (Å²) in [4.78, 5) is 10.4. The summed E-state index contributed by atoms with van der Waals surface area (Å²) >= 11 is 1.73. The number of hydrogen-bond acceptors (Lipinski definition) is 4. The third-order valence-electron chi connectivity index (χ3n) is 3.72. The number of thiazole rings is 1. The second-order valence-electron chi connectivity index (χ2n) is 5.82. The molecular weight excluding hydrogens is 459 g/mol. The maximum Gasteiger partial charge on any atom is 0.191 e. The van der Waals surface area contributed by atoms with Crippen molar-refractivity contribution in [3.8, 4) is 5.75 Å². The predicted molar refractivity (Wildman–Crippen MR) is 121 cm³/mol. The molecule has 0 spiro atoms. The molecule has 2 aromatic rings. The minimum absolute atomic E-state index is 0. The van der Waals surface area contributed by atoms with Gasteiger partial charge in [-0.1, -0.05) is 12.1 Å². The molecular formula is C19H29IN4OS. The van der Waals surface area contributed by atoms with Gasteiger partial charge in [-0.15, -0.1) is 35.3 Å². The van der Waals surface area contributed by atoms with Crippen molar-refractivity contribution >= 4 is 41.3 Å². The zero-order chi connectivity index (χ0) is 18.2. The summed E-state index contributed by atoms with van der Waals surface area (Å²) in [5.41, 5.74) is 3.40. The number of nitrogens with zero attached hydrogens (tertiary/aromatic N) is 2. The van der Waals surface area contributed by atoms with E-state index in [0.717, 1.165) is 41.1 Å². The van der Waals surface area contributed by atoms with Crippen LogP contribution in [-0.4, -0.2) is 24.1 Å². The molecule has 1 heterocycles. The number of aliphatic imine (C=N–C) groups is 1. The van der Waals surface area contributed by atoms with Crippen molar-refractivity contribution in [2.75, 3.05) is 13.2 Å². The van der Waals surface area contributed by atoms with Gasteiger partial charge in [0.05, 0.1) is 30.4 Å². The molecule has 0 fully saturated rings. The molecule has 0 unspecified atom stereocenters. The number of hydrogen-bond donors (Lipinski definition) is 2. The van der Waals surface area contributed by atoms with E-state index in [1.165, 1.54) is 10.4 Å². The molecule has 0 saturated heterocycles. The Morgan fingerprint density at radius 1 is 1.19 bits per heavy atom. The number of aryl methyl sites for hydroxylation is 3. The first-order chi connectivity index (χ1) is 12.0.